The smallest absolute Gasteiger partial charge is 0.306 e. The third-order valence-corrected chi connectivity index (χ3v) is 9.42. The van der Waals surface area contributed by atoms with Crippen molar-refractivity contribution in [1.29, 1.82) is 0 Å². The van der Waals surface area contributed by atoms with E-state index in [4.69, 9.17) is 14.2 Å². The summed E-state index contributed by atoms with van der Waals surface area (Å²) in [7, 11) is 5.39. The van der Waals surface area contributed by atoms with Gasteiger partial charge >= 0.3 is 11.9 Å². The molecule has 8 heteroatoms. The first-order valence-corrected chi connectivity index (χ1v) is 22.0. The number of hydrogen-bond acceptors (Lipinski definition) is 7. The first-order chi connectivity index (χ1) is 27.1. The number of nitrogens with zero attached hydrogens (tertiary/aromatic N) is 1. The SMILES string of the molecule is CC/C=C/C=C/C=C/C=C/CCCCCCCC(=O)OCC(COCCC(C(=O)[O-])[N+](C)(C)C)OC(=O)CCCCCCCCC/C=C/C/C=C/CCCCC. The number of aliphatic carboxylic acids is 1. The van der Waals surface area contributed by atoms with E-state index in [0.29, 0.717) is 12.8 Å². The molecule has 56 heavy (non-hydrogen) atoms. The number of esters is 2. The molecule has 0 heterocycles. The van der Waals surface area contributed by atoms with Gasteiger partial charge in [0.05, 0.1) is 40.3 Å². The number of carboxylic acids is 1. The van der Waals surface area contributed by atoms with E-state index in [1.807, 2.05) is 30.4 Å². The molecule has 0 amide bonds. The second-order valence-electron chi connectivity index (χ2n) is 15.6. The van der Waals surface area contributed by atoms with Crippen LogP contribution in [0.25, 0.3) is 0 Å². The summed E-state index contributed by atoms with van der Waals surface area (Å²) in [6.45, 7) is 4.45. The van der Waals surface area contributed by atoms with Gasteiger partial charge in [-0.1, -0.05) is 151 Å². The summed E-state index contributed by atoms with van der Waals surface area (Å²) in [6.07, 6.45) is 47.7. The van der Waals surface area contributed by atoms with E-state index >= 15 is 0 Å². The Balaban J connectivity index is 4.41. The Morgan fingerprint density at radius 3 is 1.62 bits per heavy atom. The summed E-state index contributed by atoms with van der Waals surface area (Å²) < 4.78 is 17.1. The number of quaternary nitrogens is 1. The average molecular weight is 784 g/mol. The molecule has 0 aromatic heterocycles. The average Bonchev–Trinajstić information content (AvgIpc) is 3.15. The van der Waals surface area contributed by atoms with Gasteiger partial charge in [0.15, 0.2) is 6.10 Å². The summed E-state index contributed by atoms with van der Waals surface area (Å²) >= 11 is 0. The van der Waals surface area contributed by atoms with Crippen LogP contribution in [-0.4, -0.2) is 75.5 Å². The van der Waals surface area contributed by atoms with E-state index < -0.39 is 18.1 Å². The molecule has 320 valence electrons. The third-order valence-electron chi connectivity index (χ3n) is 9.42. The summed E-state index contributed by atoms with van der Waals surface area (Å²) in [5.41, 5.74) is 0. The van der Waals surface area contributed by atoms with Crippen molar-refractivity contribution >= 4 is 17.9 Å². The lowest BCUT2D eigenvalue weighted by molar-refractivity contribution is -0.889. The number of ether oxygens (including phenoxy) is 3. The Labute approximate surface area is 342 Å². The third kappa shape index (κ3) is 36.4. The maximum absolute atomic E-state index is 12.7. The number of hydrogen-bond donors (Lipinski definition) is 0. The van der Waals surface area contributed by atoms with Crippen molar-refractivity contribution in [2.24, 2.45) is 0 Å². The first kappa shape index (κ1) is 52.8. The molecule has 0 bridgehead atoms. The van der Waals surface area contributed by atoms with Crippen LogP contribution in [0.15, 0.2) is 72.9 Å². The standard InChI is InChI=1S/C48H81NO7/c1-6-8-10-12-14-16-18-20-22-23-25-27-29-31-33-35-37-39-47(51)56-44(42-54-41-40-45(48(52)53)49(3,4)5)43-55-46(50)38-36-34-32-30-28-26-24-21-19-17-15-13-11-9-7-2/h9,11,13-17,19-22,24,44-45H,6-8,10,12,18,23,25-43H2,1-5H3/b11-9+,15-13+,16-14+,19-17+,22-20+,24-21+. The largest absolute Gasteiger partial charge is 0.544 e. The monoisotopic (exact) mass is 784 g/mol. The highest BCUT2D eigenvalue weighted by Crippen LogP contribution is 2.13. The minimum absolute atomic E-state index is 0.0259. The van der Waals surface area contributed by atoms with Crippen LogP contribution in [0.4, 0.5) is 0 Å². The van der Waals surface area contributed by atoms with Gasteiger partial charge in [-0.05, 0) is 64.2 Å². The molecular formula is C48H81NO7. The molecular weight excluding hydrogens is 703 g/mol. The normalized spacial score (nSPS) is 13.7. The summed E-state index contributed by atoms with van der Waals surface area (Å²) in [5.74, 6) is -1.78. The number of likely N-dealkylation sites (N-methyl/N-ethyl adjacent to an activating group) is 1. The zero-order chi connectivity index (χ0) is 41.4. The molecule has 0 aromatic rings. The van der Waals surface area contributed by atoms with Crippen molar-refractivity contribution in [2.45, 2.75) is 174 Å². The molecule has 0 fully saturated rings. The van der Waals surface area contributed by atoms with Crippen LogP contribution in [-0.2, 0) is 28.6 Å². The number of carboxylic acid groups (broad SMARTS) is 1. The van der Waals surface area contributed by atoms with Gasteiger partial charge in [-0.15, -0.1) is 0 Å². The van der Waals surface area contributed by atoms with Crippen molar-refractivity contribution in [2.75, 3.05) is 41.0 Å². The van der Waals surface area contributed by atoms with Crippen LogP contribution in [0.2, 0.25) is 0 Å². The van der Waals surface area contributed by atoms with Gasteiger partial charge in [-0.3, -0.25) is 9.59 Å². The molecule has 0 saturated carbocycles. The van der Waals surface area contributed by atoms with Gasteiger partial charge in [0, 0.05) is 19.3 Å². The summed E-state index contributed by atoms with van der Waals surface area (Å²) in [5, 5.41) is 11.6. The Bertz CT molecular complexity index is 1140. The Morgan fingerprint density at radius 1 is 0.571 bits per heavy atom. The van der Waals surface area contributed by atoms with E-state index in [1.54, 1.807) is 21.1 Å². The van der Waals surface area contributed by atoms with Gasteiger partial charge in [-0.2, -0.15) is 0 Å². The molecule has 0 saturated heterocycles. The molecule has 2 atom stereocenters. The van der Waals surface area contributed by atoms with Crippen LogP contribution in [0.5, 0.6) is 0 Å². The quantitative estimate of drug-likeness (QED) is 0.0202. The van der Waals surface area contributed by atoms with Gasteiger partial charge in [0.1, 0.15) is 12.6 Å². The Hall–Kier alpha value is -3.23. The number of unbranched alkanes of at least 4 members (excludes halogenated alkanes) is 15. The van der Waals surface area contributed by atoms with Crippen LogP contribution in [0.3, 0.4) is 0 Å². The van der Waals surface area contributed by atoms with Crippen molar-refractivity contribution < 1.29 is 38.2 Å². The van der Waals surface area contributed by atoms with Crippen molar-refractivity contribution in [3.63, 3.8) is 0 Å². The van der Waals surface area contributed by atoms with Crippen molar-refractivity contribution in [1.82, 2.24) is 0 Å². The maximum atomic E-state index is 12.7. The molecule has 0 aromatic carbocycles. The number of allylic oxidation sites excluding steroid dienone is 12. The fourth-order valence-electron chi connectivity index (χ4n) is 5.99. The fraction of sp³-hybridized carbons (Fsp3) is 0.688. The predicted molar refractivity (Wildman–Crippen MR) is 231 cm³/mol. The molecule has 0 N–H and O–H groups in total. The maximum Gasteiger partial charge on any atom is 0.306 e. The van der Waals surface area contributed by atoms with Crippen LogP contribution in [0.1, 0.15) is 162 Å². The highest BCUT2D eigenvalue weighted by molar-refractivity contribution is 5.70. The lowest BCUT2D eigenvalue weighted by Gasteiger charge is -2.34. The zero-order valence-electron chi connectivity index (χ0n) is 36.3. The summed E-state index contributed by atoms with van der Waals surface area (Å²) in [6, 6.07) is -0.734. The van der Waals surface area contributed by atoms with E-state index in [9.17, 15) is 19.5 Å². The zero-order valence-corrected chi connectivity index (χ0v) is 36.3. The van der Waals surface area contributed by atoms with Gasteiger partial charge in [0.2, 0.25) is 0 Å². The lowest BCUT2D eigenvalue weighted by atomic mass is 10.1. The van der Waals surface area contributed by atoms with E-state index in [1.165, 1.54) is 44.9 Å². The molecule has 2 unspecified atom stereocenters. The van der Waals surface area contributed by atoms with Crippen LogP contribution < -0.4 is 5.11 Å². The Kier molecular flexibility index (Phi) is 36.4. The fourth-order valence-corrected chi connectivity index (χ4v) is 5.99. The number of carbonyl (C=O) groups excluding carboxylic acids is 3. The number of carbonyl (C=O) groups is 3. The van der Waals surface area contributed by atoms with E-state index in [2.05, 4.69) is 56.4 Å². The Morgan fingerprint density at radius 2 is 1.07 bits per heavy atom. The lowest BCUT2D eigenvalue weighted by Crippen LogP contribution is -2.55. The van der Waals surface area contributed by atoms with Crippen molar-refractivity contribution in [3.8, 4) is 0 Å². The van der Waals surface area contributed by atoms with Crippen molar-refractivity contribution in [3.05, 3.63) is 72.9 Å². The molecule has 0 spiro atoms. The first-order valence-electron chi connectivity index (χ1n) is 22.0. The molecule has 0 rings (SSSR count). The topological polar surface area (TPSA) is 102 Å². The van der Waals surface area contributed by atoms with E-state index in [0.717, 1.165) is 83.5 Å². The predicted octanol–water partition coefficient (Wildman–Crippen LogP) is 10.6. The van der Waals surface area contributed by atoms with Gasteiger partial charge in [0.25, 0.3) is 0 Å². The highest BCUT2D eigenvalue weighted by atomic mass is 16.6. The van der Waals surface area contributed by atoms with Crippen LogP contribution >= 0.6 is 0 Å². The highest BCUT2D eigenvalue weighted by Gasteiger charge is 2.25. The van der Waals surface area contributed by atoms with Crippen LogP contribution in [0, 0.1) is 0 Å². The molecule has 0 aliphatic carbocycles. The molecule has 8 nitrogen and oxygen atoms in total. The van der Waals surface area contributed by atoms with Gasteiger partial charge in [-0.25, -0.2) is 0 Å². The number of rotatable bonds is 38. The van der Waals surface area contributed by atoms with E-state index in [-0.39, 0.29) is 42.7 Å². The molecule has 0 aliphatic rings. The molecule has 0 radical (unpaired) electrons. The minimum Gasteiger partial charge on any atom is -0.544 e. The summed E-state index contributed by atoms with van der Waals surface area (Å²) in [4.78, 5) is 36.9. The second-order valence-corrected chi connectivity index (χ2v) is 15.6. The van der Waals surface area contributed by atoms with Gasteiger partial charge < -0.3 is 28.6 Å². The minimum atomic E-state index is -1.13. The molecule has 0 aliphatic heterocycles. The second kappa shape index (κ2) is 38.6.